The van der Waals surface area contributed by atoms with E-state index in [1.54, 1.807) is 0 Å². The molecule has 3 N–H and O–H groups in total. The maximum Gasteiger partial charge on any atom is 0.337 e. The van der Waals surface area contributed by atoms with Gasteiger partial charge >= 0.3 is 5.97 Å². The van der Waals surface area contributed by atoms with Gasteiger partial charge < -0.3 is 24.8 Å². The van der Waals surface area contributed by atoms with E-state index in [1.807, 2.05) is 0 Å². The number of aliphatic hydroxyl groups is 1. The van der Waals surface area contributed by atoms with Crippen LogP contribution in [0.5, 0.6) is 17.2 Å². The first-order valence-corrected chi connectivity index (χ1v) is 4.48. The molecule has 0 aromatic heterocycles. The van der Waals surface area contributed by atoms with Crippen molar-refractivity contribution in [2.75, 3.05) is 14.2 Å². The largest absolute Gasteiger partial charge is 0.505 e. The van der Waals surface area contributed by atoms with Gasteiger partial charge in [-0.3, -0.25) is 0 Å². The highest BCUT2D eigenvalue weighted by Gasteiger charge is 2.29. The lowest BCUT2D eigenvalue weighted by Gasteiger charge is -2.16. The molecule has 0 aliphatic carbocycles. The summed E-state index contributed by atoms with van der Waals surface area (Å²) in [7, 11) is 2.39. The number of rotatable bonds is 4. The van der Waals surface area contributed by atoms with Crippen LogP contribution in [0.15, 0.2) is 6.07 Å². The van der Waals surface area contributed by atoms with Gasteiger partial charge in [0, 0.05) is 6.07 Å². The Balaban J connectivity index is 3.53. The van der Waals surface area contributed by atoms with E-state index in [0.29, 0.717) is 0 Å². The van der Waals surface area contributed by atoms with E-state index in [1.165, 1.54) is 7.11 Å². The molecular formula is C10H11FO6. The predicted molar refractivity (Wildman–Crippen MR) is 53.8 cm³/mol. The van der Waals surface area contributed by atoms with Crippen molar-refractivity contribution >= 4 is 5.97 Å². The number of aromatic hydroxyl groups is 1. The molecule has 0 heterocycles. The molecule has 6 nitrogen and oxygen atoms in total. The molecule has 1 rings (SSSR count). The Kier molecular flexibility index (Phi) is 3.74. The van der Waals surface area contributed by atoms with Crippen LogP contribution >= 0.6 is 0 Å². The Morgan fingerprint density at radius 3 is 2.41 bits per heavy atom. The van der Waals surface area contributed by atoms with E-state index in [9.17, 15) is 19.4 Å². The molecule has 7 heteroatoms. The summed E-state index contributed by atoms with van der Waals surface area (Å²) in [5.74, 6) is -4.13. The lowest BCUT2D eigenvalue weighted by molar-refractivity contribution is -0.147. The summed E-state index contributed by atoms with van der Waals surface area (Å²) in [5.41, 5.74) is -0.683. The van der Waals surface area contributed by atoms with Gasteiger partial charge in [-0.1, -0.05) is 0 Å². The number of aliphatic carboxylic acids is 1. The Morgan fingerprint density at radius 1 is 1.41 bits per heavy atom. The number of phenols is 1. The minimum Gasteiger partial charge on any atom is -0.505 e. The second-order valence-electron chi connectivity index (χ2n) is 3.10. The van der Waals surface area contributed by atoms with Gasteiger partial charge in [0.15, 0.2) is 29.2 Å². The molecule has 94 valence electrons. The number of phenolic OH excluding ortho intramolecular Hbond substituents is 1. The molecule has 0 aliphatic rings. The zero-order valence-corrected chi connectivity index (χ0v) is 9.10. The van der Waals surface area contributed by atoms with Gasteiger partial charge in [-0.15, -0.1) is 0 Å². The lowest BCUT2D eigenvalue weighted by Crippen LogP contribution is -2.14. The first-order chi connectivity index (χ1) is 7.93. The molecule has 0 saturated heterocycles. The maximum absolute atomic E-state index is 13.6. The first-order valence-electron chi connectivity index (χ1n) is 4.48. The quantitative estimate of drug-likeness (QED) is 0.722. The molecule has 1 aromatic carbocycles. The van der Waals surface area contributed by atoms with Crippen molar-refractivity contribution in [1.82, 2.24) is 0 Å². The van der Waals surface area contributed by atoms with Crippen LogP contribution < -0.4 is 9.47 Å². The number of methoxy groups -OCH3 is 2. The molecule has 17 heavy (non-hydrogen) atoms. The number of hydrogen-bond donors (Lipinski definition) is 3. The summed E-state index contributed by atoms with van der Waals surface area (Å²) in [6.45, 7) is 0. The normalized spacial score (nSPS) is 12.0. The molecule has 0 amide bonds. The number of carboxylic acids is 1. The lowest BCUT2D eigenvalue weighted by atomic mass is 10.1. The number of hydrogen-bond acceptors (Lipinski definition) is 5. The number of aliphatic hydroxyl groups excluding tert-OH is 1. The fraction of sp³-hybridized carbons (Fsp3) is 0.300. The van der Waals surface area contributed by atoms with Gasteiger partial charge in [0.05, 0.1) is 19.8 Å². The molecule has 1 unspecified atom stereocenters. The SMILES string of the molecule is COc1cc(O)c(F)c(C(O)C(=O)O)c1OC. The highest BCUT2D eigenvalue weighted by molar-refractivity contribution is 5.76. The van der Waals surface area contributed by atoms with Crippen molar-refractivity contribution in [3.63, 3.8) is 0 Å². The zero-order valence-electron chi connectivity index (χ0n) is 9.10. The summed E-state index contributed by atoms with van der Waals surface area (Å²) in [6.07, 6.45) is -2.16. The van der Waals surface area contributed by atoms with Crippen LogP contribution in [0.3, 0.4) is 0 Å². The van der Waals surface area contributed by atoms with Gasteiger partial charge in [0.25, 0.3) is 0 Å². The Hall–Kier alpha value is -2.02. The average Bonchev–Trinajstić information content (AvgIpc) is 2.30. The van der Waals surface area contributed by atoms with Gasteiger partial charge in [0.1, 0.15) is 0 Å². The third kappa shape index (κ3) is 2.23. The van der Waals surface area contributed by atoms with Gasteiger partial charge in [0.2, 0.25) is 0 Å². The number of ether oxygens (including phenoxy) is 2. The third-order valence-corrected chi connectivity index (χ3v) is 2.13. The van der Waals surface area contributed by atoms with E-state index in [2.05, 4.69) is 0 Å². The van der Waals surface area contributed by atoms with E-state index in [-0.39, 0.29) is 11.5 Å². The first kappa shape index (κ1) is 13.0. The molecule has 1 atom stereocenters. The molecule has 0 spiro atoms. The van der Waals surface area contributed by atoms with Crippen LogP contribution in [-0.2, 0) is 4.79 Å². The second-order valence-corrected chi connectivity index (χ2v) is 3.10. The summed E-state index contributed by atoms with van der Waals surface area (Å²) in [6, 6.07) is 0.923. The van der Waals surface area contributed by atoms with Crippen molar-refractivity contribution in [1.29, 1.82) is 0 Å². The highest BCUT2D eigenvalue weighted by atomic mass is 19.1. The predicted octanol–water partition coefficient (Wildman–Crippen LogP) is 0.666. The molecule has 1 aromatic rings. The van der Waals surface area contributed by atoms with Crippen LogP contribution in [0, 0.1) is 5.82 Å². The Bertz CT molecular complexity index is 445. The van der Waals surface area contributed by atoms with Crippen LogP contribution in [-0.4, -0.2) is 35.5 Å². The number of halogens is 1. The standard InChI is InChI=1S/C10H11FO6/c1-16-5-3-4(12)7(11)6(9(5)17-2)8(13)10(14)15/h3,8,12-13H,1-2H3,(H,14,15). The van der Waals surface area contributed by atoms with Crippen LogP contribution in [0.4, 0.5) is 4.39 Å². The number of carbonyl (C=O) groups is 1. The maximum atomic E-state index is 13.6. The van der Waals surface area contributed by atoms with Gasteiger partial charge in [-0.25, -0.2) is 9.18 Å². The fourth-order valence-corrected chi connectivity index (χ4v) is 1.35. The number of benzene rings is 1. The third-order valence-electron chi connectivity index (χ3n) is 2.13. The smallest absolute Gasteiger partial charge is 0.337 e. The number of carboxylic acid groups (broad SMARTS) is 1. The molecule has 0 bridgehead atoms. The Morgan fingerprint density at radius 2 is 2.00 bits per heavy atom. The monoisotopic (exact) mass is 246 g/mol. The highest BCUT2D eigenvalue weighted by Crippen LogP contribution is 2.41. The topological polar surface area (TPSA) is 96.2 Å². The summed E-state index contributed by atoms with van der Waals surface area (Å²) >= 11 is 0. The summed E-state index contributed by atoms with van der Waals surface area (Å²) < 4.78 is 23.1. The summed E-state index contributed by atoms with van der Waals surface area (Å²) in [4.78, 5) is 10.6. The average molecular weight is 246 g/mol. The van der Waals surface area contributed by atoms with E-state index < -0.39 is 29.2 Å². The minimum atomic E-state index is -2.16. The fourth-order valence-electron chi connectivity index (χ4n) is 1.35. The van der Waals surface area contributed by atoms with Crippen molar-refractivity contribution in [2.24, 2.45) is 0 Å². The van der Waals surface area contributed by atoms with Gasteiger partial charge in [-0.2, -0.15) is 0 Å². The van der Waals surface area contributed by atoms with Crippen molar-refractivity contribution in [3.05, 3.63) is 17.4 Å². The van der Waals surface area contributed by atoms with Crippen LogP contribution in [0.25, 0.3) is 0 Å². The zero-order chi connectivity index (χ0) is 13.2. The minimum absolute atomic E-state index is 0.0818. The molecule has 0 saturated carbocycles. The second kappa shape index (κ2) is 4.88. The van der Waals surface area contributed by atoms with Crippen molar-refractivity contribution in [2.45, 2.75) is 6.10 Å². The van der Waals surface area contributed by atoms with Crippen LogP contribution in [0.2, 0.25) is 0 Å². The van der Waals surface area contributed by atoms with Crippen LogP contribution in [0.1, 0.15) is 11.7 Å². The van der Waals surface area contributed by atoms with E-state index in [0.717, 1.165) is 13.2 Å². The van der Waals surface area contributed by atoms with Crippen molar-refractivity contribution < 1.29 is 34.0 Å². The molecule has 0 aliphatic heterocycles. The van der Waals surface area contributed by atoms with E-state index >= 15 is 0 Å². The summed E-state index contributed by atoms with van der Waals surface area (Å²) in [5, 5.41) is 27.2. The van der Waals surface area contributed by atoms with Crippen molar-refractivity contribution in [3.8, 4) is 17.2 Å². The van der Waals surface area contributed by atoms with E-state index in [4.69, 9.17) is 14.6 Å². The van der Waals surface area contributed by atoms with Gasteiger partial charge in [-0.05, 0) is 0 Å². The molecular weight excluding hydrogens is 235 g/mol. The Labute approximate surface area is 95.8 Å². The molecule has 0 radical (unpaired) electrons. The molecule has 0 fully saturated rings.